The SMILES string of the molecule is C=C/C(=C\C=C(/C)c1nc(C)c(C(=O)N[C@@H](CNS(N)(=O)=O)C(=O)N(C)[C@@H]2C(=O)N[C@@H](C)C(=O)N[C@H](C(=O)O)Cc3ccc(OC[C@H](O)CN)c(c3)-c3cc2cc(OC[C@H](O)CN)c3O)c(N)n1)C(C)(C)C. The van der Waals surface area contributed by atoms with Crippen LogP contribution in [0.1, 0.15) is 73.7 Å². The van der Waals surface area contributed by atoms with Gasteiger partial charge < -0.3 is 68.0 Å². The van der Waals surface area contributed by atoms with E-state index in [1.165, 1.54) is 38.1 Å². The molecule has 25 heteroatoms. The number of phenolic OH excluding ortho intramolecular Hbond substituents is 1. The molecule has 0 saturated heterocycles. The lowest BCUT2D eigenvalue weighted by Crippen LogP contribution is -2.57. The van der Waals surface area contributed by atoms with Gasteiger partial charge in [0, 0.05) is 44.2 Å². The van der Waals surface area contributed by atoms with Gasteiger partial charge in [-0.2, -0.15) is 13.1 Å². The highest BCUT2D eigenvalue weighted by Gasteiger charge is 2.38. The molecule has 4 rings (SSSR count). The molecule has 0 fully saturated rings. The number of allylic oxidation sites excluding steroid dienone is 5. The molecular weight excluding hydrogens is 959 g/mol. The van der Waals surface area contributed by atoms with Crippen LogP contribution in [0.4, 0.5) is 5.82 Å². The highest BCUT2D eigenvalue weighted by molar-refractivity contribution is 7.87. The molecule has 0 spiro atoms. The van der Waals surface area contributed by atoms with E-state index in [0.29, 0.717) is 11.1 Å². The zero-order valence-electron chi connectivity index (χ0n) is 41.1. The summed E-state index contributed by atoms with van der Waals surface area (Å²) in [6, 6.07) is -0.0330. The number of aryl methyl sites for hydroxylation is 1. The molecule has 6 atom stereocenters. The van der Waals surface area contributed by atoms with E-state index in [9.17, 15) is 52.8 Å². The number of likely N-dealkylation sites (N-methyl/N-ethyl adjacent to an activating group) is 1. The van der Waals surface area contributed by atoms with E-state index in [4.69, 9.17) is 31.8 Å². The number of nitrogen functional groups attached to an aromatic ring is 1. The molecule has 1 aliphatic rings. The lowest BCUT2D eigenvalue weighted by molar-refractivity contribution is -0.143. The first-order valence-electron chi connectivity index (χ1n) is 22.5. The molecule has 4 amide bonds. The third-order valence-corrected chi connectivity index (χ3v) is 11.9. The van der Waals surface area contributed by atoms with E-state index in [-0.39, 0.29) is 82.6 Å². The van der Waals surface area contributed by atoms with Gasteiger partial charge in [-0.05, 0) is 72.7 Å². The molecule has 0 unspecified atom stereocenters. The van der Waals surface area contributed by atoms with Crippen LogP contribution in [0.3, 0.4) is 0 Å². The number of nitrogens with one attached hydrogen (secondary N) is 4. The Morgan fingerprint density at radius 2 is 1.61 bits per heavy atom. The molecule has 2 aromatic carbocycles. The number of nitrogens with zero attached hydrogens (tertiary/aromatic N) is 3. The zero-order valence-corrected chi connectivity index (χ0v) is 41.9. The van der Waals surface area contributed by atoms with Gasteiger partial charge in [-0.15, -0.1) is 0 Å². The van der Waals surface area contributed by atoms with Crippen molar-refractivity contribution >= 4 is 51.2 Å². The predicted octanol–water partition coefficient (Wildman–Crippen LogP) is -0.580. The first kappa shape index (κ1) is 57.6. The van der Waals surface area contributed by atoms with Crippen LogP contribution >= 0.6 is 0 Å². The Morgan fingerprint density at radius 3 is 2.17 bits per heavy atom. The van der Waals surface area contributed by atoms with Crippen LogP contribution in [-0.2, 0) is 35.8 Å². The molecule has 4 bridgehead atoms. The van der Waals surface area contributed by atoms with Gasteiger partial charge in [0.25, 0.3) is 16.1 Å². The molecular formula is C47H65N11O13S. The Labute approximate surface area is 417 Å². The van der Waals surface area contributed by atoms with Gasteiger partial charge in [-0.3, -0.25) is 19.2 Å². The van der Waals surface area contributed by atoms with Crippen LogP contribution < -0.4 is 52.5 Å². The van der Waals surface area contributed by atoms with E-state index < -0.39 is 95.1 Å². The number of aliphatic hydroxyl groups excluding tert-OH is 2. The minimum Gasteiger partial charge on any atom is -0.504 e. The van der Waals surface area contributed by atoms with Gasteiger partial charge in [0.1, 0.15) is 66.7 Å². The molecule has 24 nitrogen and oxygen atoms in total. The van der Waals surface area contributed by atoms with Crippen molar-refractivity contribution in [1.29, 1.82) is 0 Å². The first-order valence-corrected chi connectivity index (χ1v) is 24.0. The number of aliphatic carboxylic acids is 1. The number of hydrogen-bond donors (Lipinski definition) is 12. The van der Waals surface area contributed by atoms with Crippen LogP contribution in [0.2, 0.25) is 0 Å². The number of amides is 4. The molecule has 2 heterocycles. The Balaban J connectivity index is 1.94. The van der Waals surface area contributed by atoms with Crippen LogP contribution in [0, 0.1) is 12.3 Å². The number of aliphatic hydroxyl groups is 2. The summed E-state index contributed by atoms with van der Waals surface area (Å²) < 4.78 is 38.3. The average molecular weight is 1020 g/mol. The topological polar surface area (TPSA) is 400 Å². The third kappa shape index (κ3) is 15.0. The fourth-order valence-corrected chi connectivity index (χ4v) is 7.66. The number of ether oxygens (including phenoxy) is 2. The number of phenols is 1. The van der Waals surface area contributed by atoms with Crippen LogP contribution in [0.25, 0.3) is 16.7 Å². The average Bonchev–Trinajstić information content (AvgIpc) is 3.30. The van der Waals surface area contributed by atoms with Gasteiger partial charge >= 0.3 is 5.97 Å². The number of anilines is 1. The largest absolute Gasteiger partial charge is 0.504 e. The van der Waals surface area contributed by atoms with E-state index in [1.54, 1.807) is 19.1 Å². The van der Waals surface area contributed by atoms with Crippen molar-refractivity contribution in [2.24, 2.45) is 22.0 Å². The van der Waals surface area contributed by atoms with Crippen molar-refractivity contribution in [2.45, 2.75) is 84.3 Å². The number of aromatic hydroxyl groups is 1. The van der Waals surface area contributed by atoms with Gasteiger partial charge in [0.15, 0.2) is 17.3 Å². The van der Waals surface area contributed by atoms with E-state index >= 15 is 0 Å². The summed E-state index contributed by atoms with van der Waals surface area (Å²) in [6.45, 7) is 12.1. The molecule has 3 aromatic rings. The van der Waals surface area contributed by atoms with Gasteiger partial charge in [-0.1, -0.05) is 51.6 Å². The molecule has 0 radical (unpaired) electrons. The minimum absolute atomic E-state index is 0.00233. The smallest absolute Gasteiger partial charge is 0.326 e. The van der Waals surface area contributed by atoms with Gasteiger partial charge in [0.05, 0.1) is 5.69 Å². The molecule has 16 N–H and O–H groups in total. The third-order valence-electron chi connectivity index (χ3n) is 11.3. The fourth-order valence-electron chi connectivity index (χ4n) is 7.26. The number of carbonyl (C=O) groups excluding carboxylic acids is 4. The number of carbonyl (C=O) groups is 5. The quantitative estimate of drug-likeness (QED) is 0.0668. The fraction of sp³-hybridized carbons (Fsp3) is 0.426. The highest BCUT2D eigenvalue weighted by Crippen LogP contribution is 2.45. The summed E-state index contributed by atoms with van der Waals surface area (Å²) >= 11 is 0. The normalized spacial score (nSPS) is 18.1. The molecule has 72 heavy (non-hydrogen) atoms. The number of rotatable bonds is 19. The molecule has 0 saturated carbocycles. The maximum atomic E-state index is 14.9. The van der Waals surface area contributed by atoms with E-state index in [1.807, 2.05) is 31.6 Å². The number of fused-ring (bicyclic) bond motifs is 5. The van der Waals surface area contributed by atoms with Gasteiger partial charge in [-0.25, -0.2) is 19.9 Å². The highest BCUT2D eigenvalue weighted by atomic mass is 32.2. The minimum atomic E-state index is -4.55. The molecule has 1 aromatic heterocycles. The zero-order chi connectivity index (χ0) is 54.0. The second kappa shape index (κ2) is 24.4. The Bertz CT molecular complexity index is 2700. The number of nitrogens with two attached hydrogens (primary N) is 4. The van der Waals surface area contributed by atoms with E-state index in [2.05, 4.69) is 32.5 Å². The number of hydrogen-bond acceptors (Lipinski definition) is 17. The standard InChI is InChI=1S/C47H65N11O13S/c1-9-28(47(5,6)7)12-10-23(2)41-53-24(3)37(40(50)57-41)43(63)56-34(20-52-72(51,68)69)45(65)58(8)38-27-16-32(39(61)36(17-27)71-22-30(60)19-49)31-14-26(11-13-35(31)70-21-29(59)18-48)15-33(46(66)67)55-42(62)25(4)54-44(38)64/h9-14,16-17,25,29-30,33-34,38,52,59-61H,1,15,18-22,48-49H2,2-8H3,(H,54,64)(H,55,62)(H,56,63)(H,66,67)(H2,50,53,57)(H2,51,68,69)/b23-10+,28-12+/t25-,29+,30+,33-,34-,38-/m0/s1. The van der Waals surface area contributed by atoms with E-state index in [0.717, 1.165) is 23.6 Å². The van der Waals surface area contributed by atoms with Crippen LogP contribution in [-0.4, -0.2) is 144 Å². The number of benzene rings is 2. The number of carboxylic acid groups (broad SMARTS) is 1. The molecule has 1 aliphatic heterocycles. The van der Waals surface area contributed by atoms with Crippen molar-refractivity contribution in [3.8, 4) is 28.4 Å². The Morgan fingerprint density at radius 1 is 0.986 bits per heavy atom. The molecule has 0 aliphatic carbocycles. The van der Waals surface area contributed by atoms with Crippen molar-refractivity contribution in [1.82, 2.24) is 35.5 Å². The number of aromatic nitrogens is 2. The summed E-state index contributed by atoms with van der Waals surface area (Å²) in [5.74, 6) is -6.76. The van der Waals surface area contributed by atoms with Crippen molar-refractivity contribution in [3.63, 3.8) is 0 Å². The summed E-state index contributed by atoms with van der Waals surface area (Å²) in [7, 11) is -3.43. The lowest BCUT2D eigenvalue weighted by atomic mass is 9.86. The number of carboxylic acids is 1. The van der Waals surface area contributed by atoms with Crippen molar-refractivity contribution in [3.05, 3.63) is 88.9 Å². The van der Waals surface area contributed by atoms with Crippen LogP contribution in [0.15, 0.2) is 60.7 Å². The monoisotopic (exact) mass is 1020 g/mol. The Kier molecular flexibility index (Phi) is 19.5. The summed E-state index contributed by atoms with van der Waals surface area (Å²) in [5, 5.41) is 55.3. The predicted molar refractivity (Wildman–Crippen MR) is 266 cm³/mol. The maximum absolute atomic E-state index is 14.9. The van der Waals surface area contributed by atoms with Gasteiger partial charge in [0.2, 0.25) is 17.7 Å². The lowest BCUT2D eigenvalue weighted by Gasteiger charge is -2.33. The second-order valence-electron chi connectivity index (χ2n) is 18.1. The van der Waals surface area contributed by atoms with Crippen LogP contribution in [0.5, 0.6) is 17.2 Å². The second-order valence-corrected chi connectivity index (χ2v) is 19.4. The molecule has 392 valence electrons. The summed E-state index contributed by atoms with van der Waals surface area (Å²) in [5.41, 5.74) is 18.7. The van der Waals surface area contributed by atoms with Crippen molar-refractivity contribution in [2.75, 3.05) is 45.6 Å². The summed E-state index contributed by atoms with van der Waals surface area (Å²) in [6.07, 6.45) is 2.60. The maximum Gasteiger partial charge on any atom is 0.326 e. The first-order chi connectivity index (χ1) is 33.6. The Hall–Kier alpha value is -7.00. The summed E-state index contributed by atoms with van der Waals surface area (Å²) in [4.78, 5) is 79.4. The van der Waals surface area contributed by atoms with Crippen molar-refractivity contribution < 1.29 is 62.3 Å².